The lowest BCUT2D eigenvalue weighted by atomic mass is 10.2. The average Bonchev–Trinajstić information content (AvgIpc) is 2.39. The first-order valence-electron chi connectivity index (χ1n) is 5.61. The first-order valence-corrected chi connectivity index (χ1v) is 5.99. The minimum Gasteiger partial charge on any atom is -0.439 e. The zero-order valence-corrected chi connectivity index (χ0v) is 11.1. The molecule has 100 valence electrons. The molecule has 0 aliphatic heterocycles. The fourth-order valence-corrected chi connectivity index (χ4v) is 1.66. The molecular formula is C13H13ClN2O3. The van der Waals surface area contributed by atoms with Crippen LogP contribution >= 0.6 is 11.6 Å². The summed E-state index contributed by atoms with van der Waals surface area (Å²) >= 11 is 5.88. The van der Waals surface area contributed by atoms with Crippen molar-refractivity contribution in [1.29, 1.82) is 0 Å². The maximum atomic E-state index is 8.96. The van der Waals surface area contributed by atoms with Crippen LogP contribution in [0.4, 0.5) is 0 Å². The molecule has 0 atom stereocenters. The van der Waals surface area contributed by atoms with Gasteiger partial charge in [-0.15, -0.1) is 0 Å². The Kier molecular flexibility index (Phi) is 4.68. The molecule has 0 fully saturated rings. The number of nitrogens with zero attached hydrogens (tertiary/aromatic N) is 2. The van der Waals surface area contributed by atoms with Crippen LogP contribution in [0, 0.1) is 0 Å². The van der Waals surface area contributed by atoms with Gasteiger partial charge in [-0.05, 0) is 17.7 Å². The fourth-order valence-electron chi connectivity index (χ4n) is 1.47. The molecule has 1 aromatic heterocycles. The normalized spacial score (nSPS) is 10.5. The van der Waals surface area contributed by atoms with Crippen LogP contribution in [-0.2, 0) is 18.0 Å². The minimum atomic E-state index is -0.00238. The second kappa shape index (κ2) is 6.47. The number of methoxy groups -OCH3 is 1. The second-order valence-electron chi connectivity index (χ2n) is 3.78. The third-order valence-electron chi connectivity index (χ3n) is 2.32. The van der Waals surface area contributed by atoms with E-state index in [1.165, 1.54) is 6.07 Å². The minimum absolute atomic E-state index is 0.00238. The summed E-state index contributed by atoms with van der Waals surface area (Å²) in [6, 6.07) is 8.57. The summed E-state index contributed by atoms with van der Waals surface area (Å²) in [6.07, 6.45) is 0. The lowest BCUT2D eigenvalue weighted by Crippen LogP contribution is -1.99. The Morgan fingerprint density at radius 1 is 1.21 bits per heavy atom. The van der Waals surface area contributed by atoms with E-state index in [1.54, 1.807) is 31.4 Å². The molecule has 0 aliphatic carbocycles. The van der Waals surface area contributed by atoms with Gasteiger partial charge in [0, 0.05) is 13.2 Å². The summed E-state index contributed by atoms with van der Waals surface area (Å²) in [5, 5.41) is 9.25. The summed E-state index contributed by atoms with van der Waals surface area (Å²) in [7, 11) is 1.55. The Hall–Kier alpha value is -1.69. The first kappa shape index (κ1) is 13.7. The van der Waals surface area contributed by atoms with Gasteiger partial charge in [0.05, 0.1) is 6.61 Å². The molecular weight excluding hydrogens is 268 g/mol. The molecule has 0 unspecified atom stereocenters. The van der Waals surface area contributed by atoms with E-state index in [-0.39, 0.29) is 13.2 Å². The van der Waals surface area contributed by atoms with Gasteiger partial charge in [-0.1, -0.05) is 23.7 Å². The van der Waals surface area contributed by atoms with Gasteiger partial charge < -0.3 is 14.6 Å². The van der Waals surface area contributed by atoms with Crippen molar-refractivity contribution in [1.82, 2.24) is 9.97 Å². The number of ether oxygens (including phenoxy) is 2. The molecule has 0 radical (unpaired) electrons. The van der Waals surface area contributed by atoms with Gasteiger partial charge >= 0.3 is 0 Å². The molecule has 0 spiro atoms. The highest BCUT2D eigenvalue weighted by Crippen LogP contribution is 2.22. The average molecular weight is 281 g/mol. The standard InChI is InChI=1S/C13H13ClN2O3/c1-18-8-12-15-11(14)6-13(16-12)19-10-4-2-9(7-17)3-5-10/h2-6,17H,7-8H2,1H3. The number of halogens is 1. The molecule has 0 saturated heterocycles. The zero-order chi connectivity index (χ0) is 13.7. The van der Waals surface area contributed by atoms with Crippen LogP contribution in [0.5, 0.6) is 11.6 Å². The van der Waals surface area contributed by atoms with Crippen LogP contribution in [-0.4, -0.2) is 22.2 Å². The van der Waals surface area contributed by atoms with Crippen molar-refractivity contribution in [2.24, 2.45) is 0 Å². The van der Waals surface area contributed by atoms with Crippen molar-refractivity contribution < 1.29 is 14.6 Å². The Morgan fingerprint density at radius 2 is 1.95 bits per heavy atom. The van der Waals surface area contributed by atoms with E-state index in [0.717, 1.165) is 5.56 Å². The summed E-state index contributed by atoms with van der Waals surface area (Å²) in [5.41, 5.74) is 0.813. The van der Waals surface area contributed by atoms with Crippen molar-refractivity contribution in [3.05, 3.63) is 46.9 Å². The molecule has 2 rings (SSSR count). The number of benzene rings is 1. The van der Waals surface area contributed by atoms with E-state index in [1.807, 2.05) is 0 Å². The van der Waals surface area contributed by atoms with Crippen molar-refractivity contribution in [3.63, 3.8) is 0 Å². The van der Waals surface area contributed by atoms with Crippen molar-refractivity contribution in [2.75, 3.05) is 7.11 Å². The number of rotatable bonds is 5. The van der Waals surface area contributed by atoms with Gasteiger partial charge in [0.15, 0.2) is 5.82 Å². The van der Waals surface area contributed by atoms with E-state index < -0.39 is 0 Å². The molecule has 6 heteroatoms. The van der Waals surface area contributed by atoms with Gasteiger partial charge in [-0.3, -0.25) is 0 Å². The Balaban J connectivity index is 2.17. The number of aliphatic hydroxyl groups is 1. The van der Waals surface area contributed by atoms with Crippen molar-refractivity contribution in [3.8, 4) is 11.6 Å². The summed E-state index contributed by atoms with van der Waals surface area (Å²) in [6.45, 7) is 0.262. The largest absolute Gasteiger partial charge is 0.439 e. The van der Waals surface area contributed by atoms with E-state index in [4.69, 9.17) is 26.2 Å². The number of hydrogen-bond acceptors (Lipinski definition) is 5. The van der Waals surface area contributed by atoms with Crippen molar-refractivity contribution in [2.45, 2.75) is 13.2 Å². The van der Waals surface area contributed by atoms with E-state index in [9.17, 15) is 0 Å². The van der Waals surface area contributed by atoms with Crippen molar-refractivity contribution >= 4 is 11.6 Å². The molecule has 0 amide bonds. The highest BCUT2D eigenvalue weighted by molar-refractivity contribution is 6.29. The highest BCUT2D eigenvalue weighted by atomic mass is 35.5. The summed E-state index contributed by atoms with van der Waals surface area (Å²) in [4.78, 5) is 8.18. The molecule has 0 bridgehead atoms. The van der Waals surface area contributed by atoms with Crippen LogP contribution in [0.15, 0.2) is 30.3 Å². The van der Waals surface area contributed by atoms with Gasteiger partial charge in [0.25, 0.3) is 0 Å². The van der Waals surface area contributed by atoms with E-state index in [0.29, 0.717) is 22.6 Å². The van der Waals surface area contributed by atoms with Crippen LogP contribution in [0.25, 0.3) is 0 Å². The summed E-state index contributed by atoms with van der Waals surface area (Å²) in [5.74, 6) is 1.41. The smallest absolute Gasteiger partial charge is 0.224 e. The van der Waals surface area contributed by atoms with Gasteiger partial charge in [-0.2, -0.15) is 4.98 Å². The monoisotopic (exact) mass is 280 g/mol. The van der Waals surface area contributed by atoms with Crippen LogP contribution < -0.4 is 4.74 Å². The summed E-state index contributed by atoms with van der Waals surface area (Å²) < 4.78 is 10.5. The lowest BCUT2D eigenvalue weighted by Gasteiger charge is -2.07. The molecule has 0 saturated carbocycles. The van der Waals surface area contributed by atoms with E-state index in [2.05, 4.69) is 9.97 Å². The Bertz CT molecular complexity index is 546. The number of aliphatic hydroxyl groups excluding tert-OH is 1. The zero-order valence-electron chi connectivity index (χ0n) is 10.3. The van der Waals surface area contributed by atoms with Crippen LogP contribution in [0.1, 0.15) is 11.4 Å². The molecule has 1 N–H and O–H groups in total. The van der Waals surface area contributed by atoms with Crippen LogP contribution in [0.2, 0.25) is 5.15 Å². The highest BCUT2D eigenvalue weighted by Gasteiger charge is 2.05. The molecule has 0 aliphatic rings. The maximum absolute atomic E-state index is 8.96. The first-order chi connectivity index (χ1) is 9.21. The SMILES string of the molecule is COCc1nc(Cl)cc(Oc2ccc(CO)cc2)n1. The number of hydrogen-bond donors (Lipinski definition) is 1. The molecule has 2 aromatic rings. The Morgan fingerprint density at radius 3 is 2.58 bits per heavy atom. The molecule has 5 nitrogen and oxygen atoms in total. The van der Waals surface area contributed by atoms with Gasteiger partial charge in [-0.25, -0.2) is 4.98 Å². The predicted octanol–water partition coefficient (Wildman–Crippen LogP) is 2.56. The third kappa shape index (κ3) is 3.89. The molecule has 19 heavy (non-hydrogen) atoms. The second-order valence-corrected chi connectivity index (χ2v) is 4.17. The number of aromatic nitrogens is 2. The van der Waals surface area contributed by atoms with Gasteiger partial charge in [0.1, 0.15) is 17.5 Å². The topological polar surface area (TPSA) is 64.5 Å². The quantitative estimate of drug-likeness (QED) is 0.853. The van der Waals surface area contributed by atoms with Crippen LogP contribution in [0.3, 0.4) is 0 Å². The Labute approximate surface area is 115 Å². The third-order valence-corrected chi connectivity index (χ3v) is 2.51. The predicted molar refractivity (Wildman–Crippen MR) is 70.2 cm³/mol. The molecule has 1 heterocycles. The molecule has 1 aromatic carbocycles. The fraction of sp³-hybridized carbons (Fsp3) is 0.231. The van der Waals surface area contributed by atoms with E-state index >= 15 is 0 Å². The lowest BCUT2D eigenvalue weighted by molar-refractivity contribution is 0.177. The maximum Gasteiger partial charge on any atom is 0.224 e. The van der Waals surface area contributed by atoms with Gasteiger partial charge in [0.2, 0.25) is 5.88 Å².